The summed E-state index contributed by atoms with van der Waals surface area (Å²) in [6.07, 6.45) is -2.14. The molecule has 0 N–H and O–H groups in total. The fourth-order valence-corrected chi connectivity index (χ4v) is 2.87. The summed E-state index contributed by atoms with van der Waals surface area (Å²) in [5.74, 6) is 0.745. The molecule has 1 unspecified atom stereocenters. The lowest BCUT2D eigenvalue weighted by molar-refractivity contribution is -0.115. The molecule has 9 heteroatoms. The van der Waals surface area contributed by atoms with E-state index in [2.05, 4.69) is 5.16 Å². The van der Waals surface area contributed by atoms with Gasteiger partial charge in [-0.3, -0.25) is 4.79 Å². The minimum absolute atomic E-state index is 0.0552. The van der Waals surface area contributed by atoms with Crippen molar-refractivity contribution < 1.29 is 28.3 Å². The van der Waals surface area contributed by atoms with Gasteiger partial charge in [-0.15, -0.1) is 0 Å². The monoisotopic (exact) mass is 420 g/mol. The van der Waals surface area contributed by atoms with E-state index in [1.54, 1.807) is 37.3 Å². The topological polar surface area (TPSA) is 91.1 Å². The summed E-state index contributed by atoms with van der Waals surface area (Å²) >= 11 is 6.12. The van der Waals surface area contributed by atoms with Gasteiger partial charge in [0.1, 0.15) is 10.8 Å². The Balaban J connectivity index is 1.84. The third-order valence-corrected chi connectivity index (χ3v) is 4.77. The van der Waals surface area contributed by atoms with E-state index in [-0.39, 0.29) is 22.0 Å². The Morgan fingerprint density at radius 1 is 1.24 bits per heavy atom. The van der Waals surface area contributed by atoms with Crippen molar-refractivity contribution in [2.45, 2.75) is 39.3 Å². The van der Waals surface area contributed by atoms with Gasteiger partial charge in [0.15, 0.2) is 17.3 Å². The lowest BCUT2D eigenvalue weighted by Gasteiger charge is -2.23. The second-order valence-corrected chi connectivity index (χ2v) is 7.82. The van der Waals surface area contributed by atoms with E-state index in [9.17, 15) is 9.59 Å². The zero-order valence-corrected chi connectivity index (χ0v) is 17.4. The van der Waals surface area contributed by atoms with Crippen LogP contribution in [0.3, 0.4) is 0 Å². The van der Waals surface area contributed by atoms with Crippen molar-refractivity contribution in [2.75, 3.05) is 12.0 Å². The van der Waals surface area contributed by atoms with Crippen LogP contribution in [0, 0.1) is 0 Å². The second-order valence-electron chi connectivity index (χ2n) is 7.44. The molecule has 1 atom stereocenters. The normalized spacial score (nSPS) is 17.0. The van der Waals surface area contributed by atoms with Crippen molar-refractivity contribution in [3.8, 4) is 11.5 Å². The summed E-state index contributed by atoms with van der Waals surface area (Å²) in [5.41, 5.74) is 0.0355. The average molecular weight is 421 g/mol. The van der Waals surface area contributed by atoms with Gasteiger partial charge in [-0.2, -0.15) is 0 Å². The number of ether oxygens (including phenoxy) is 3. The highest BCUT2D eigenvalue weighted by Gasteiger charge is 2.42. The molecule has 0 spiro atoms. The molecule has 0 bridgehead atoms. The summed E-state index contributed by atoms with van der Waals surface area (Å²) in [6.45, 7) is 7.42. The molecule has 8 nitrogen and oxygen atoms in total. The van der Waals surface area contributed by atoms with Crippen LogP contribution in [0.2, 0.25) is 0 Å². The van der Waals surface area contributed by atoms with Gasteiger partial charge in [-0.05, 0) is 19.1 Å². The van der Waals surface area contributed by atoms with Crippen molar-refractivity contribution in [2.24, 2.45) is 0 Å². The first-order valence-electron chi connectivity index (χ1n) is 8.82. The number of rotatable bonds is 4. The highest BCUT2D eigenvalue weighted by atomic mass is 35.5. The number of carbonyl (C=O) groups is 2. The van der Waals surface area contributed by atoms with Gasteiger partial charge >= 0.3 is 6.16 Å². The van der Waals surface area contributed by atoms with E-state index in [4.69, 9.17) is 30.3 Å². The van der Waals surface area contributed by atoms with E-state index in [1.165, 1.54) is 7.11 Å². The largest absolute Gasteiger partial charge is 0.516 e. The molecule has 0 saturated heterocycles. The summed E-state index contributed by atoms with van der Waals surface area (Å²) in [5, 5.41) is 3.89. The summed E-state index contributed by atoms with van der Waals surface area (Å²) in [7, 11) is 1.45. The van der Waals surface area contributed by atoms with Crippen LogP contribution in [-0.4, -0.2) is 30.6 Å². The Morgan fingerprint density at radius 3 is 2.48 bits per heavy atom. The molecule has 0 fully saturated rings. The lowest BCUT2D eigenvalue weighted by Crippen LogP contribution is -2.39. The minimum Gasteiger partial charge on any atom is -0.493 e. The molecule has 2 aromatic rings. The molecular weight excluding hydrogens is 400 g/mol. The molecule has 1 aromatic carbocycles. The van der Waals surface area contributed by atoms with Crippen LogP contribution in [0.25, 0.3) is 0 Å². The quantitative estimate of drug-likeness (QED) is 0.535. The SMILES string of the molecule is COc1ccccc1OC(=O)OC1C(C)=C(Cl)C(=O)N1c1cc(C(C)(C)C)on1. The molecule has 1 amide bonds. The van der Waals surface area contributed by atoms with Gasteiger partial charge in [0.25, 0.3) is 5.91 Å². The first kappa shape index (κ1) is 20.7. The van der Waals surface area contributed by atoms with Crippen LogP contribution in [-0.2, 0) is 14.9 Å². The Hall–Kier alpha value is -3.00. The molecule has 0 aliphatic carbocycles. The summed E-state index contributed by atoms with van der Waals surface area (Å²) in [4.78, 5) is 26.2. The smallest absolute Gasteiger partial charge is 0.493 e. The third kappa shape index (κ3) is 4.07. The van der Waals surface area contributed by atoms with Crippen LogP contribution >= 0.6 is 11.6 Å². The highest BCUT2D eigenvalue weighted by Crippen LogP contribution is 2.35. The molecule has 1 aromatic heterocycles. The number of methoxy groups -OCH3 is 1. The van der Waals surface area contributed by atoms with Gasteiger partial charge in [-0.1, -0.05) is 49.7 Å². The molecule has 1 aliphatic heterocycles. The van der Waals surface area contributed by atoms with Crippen molar-refractivity contribution in [3.05, 3.63) is 46.7 Å². The van der Waals surface area contributed by atoms with Crippen LogP contribution in [0.15, 0.2) is 45.5 Å². The number of aromatic nitrogens is 1. The van der Waals surface area contributed by atoms with Gasteiger partial charge in [0.05, 0.1) is 7.11 Å². The first-order valence-corrected chi connectivity index (χ1v) is 9.19. The van der Waals surface area contributed by atoms with Gasteiger partial charge < -0.3 is 18.7 Å². The number of hydrogen-bond acceptors (Lipinski definition) is 7. The van der Waals surface area contributed by atoms with Crippen LogP contribution in [0.4, 0.5) is 10.6 Å². The van der Waals surface area contributed by atoms with E-state index in [0.29, 0.717) is 17.1 Å². The molecule has 1 aliphatic rings. The Bertz CT molecular complexity index is 975. The van der Waals surface area contributed by atoms with E-state index >= 15 is 0 Å². The van der Waals surface area contributed by atoms with Crippen molar-refractivity contribution in [3.63, 3.8) is 0 Å². The van der Waals surface area contributed by atoms with Crippen LogP contribution < -0.4 is 14.4 Å². The fraction of sp³-hybridized carbons (Fsp3) is 0.350. The summed E-state index contributed by atoms with van der Waals surface area (Å²) < 4.78 is 21.1. The first-order chi connectivity index (χ1) is 13.6. The number of para-hydroxylation sites is 2. The molecule has 154 valence electrons. The lowest BCUT2D eigenvalue weighted by atomic mass is 9.93. The van der Waals surface area contributed by atoms with E-state index in [1.807, 2.05) is 20.8 Å². The fourth-order valence-electron chi connectivity index (χ4n) is 2.69. The number of carbonyl (C=O) groups excluding carboxylic acids is 2. The predicted molar refractivity (Wildman–Crippen MR) is 105 cm³/mol. The Kier molecular flexibility index (Phi) is 5.57. The number of amides is 1. The summed E-state index contributed by atoms with van der Waals surface area (Å²) in [6, 6.07) is 8.23. The molecule has 0 radical (unpaired) electrons. The zero-order valence-electron chi connectivity index (χ0n) is 16.7. The zero-order chi connectivity index (χ0) is 21.3. The number of hydrogen-bond donors (Lipinski definition) is 0. The van der Waals surface area contributed by atoms with Crippen LogP contribution in [0.1, 0.15) is 33.5 Å². The molecule has 0 saturated carbocycles. The number of halogens is 1. The number of nitrogens with zero attached hydrogens (tertiary/aromatic N) is 2. The number of benzene rings is 1. The van der Waals surface area contributed by atoms with Gasteiger partial charge in [-0.25, -0.2) is 9.69 Å². The number of anilines is 1. The predicted octanol–water partition coefficient (Wildman–Crippen LogP) is 4.38. The molecule has 29 heavy (non-hydrogen) atoms. The maximum Gasteiger partial charge on any atom is 0.516 e. The van der Waals surface area contributed by atoms with Crippen molar-refractivity contribution in [1.82, 2.24) is 5.16 Å². The third-order valence-electron chi connectivity index (χ3n) is 4.31. The van der Waals surface area contributed by atoms with Gasteiger partial charge in [0.2, 0.25) is 6.23 Å². The highest BCUT2D eigenvalue weighted by molar-refractivity contribution is 6.45. The van der Waals surface area contributed by atoms with E-state index < -0.39 is 18.3 Å². The standard InChI is InChI=1S/C20H21ClN2O6/c1-11-16(21)17(24)23(15-10-14(29-22-15)20(2,3)4)18(11)28-19(25)27-13-9-7-6-8-12(13)26-5/h6-10,18H,1-5H3. The Morgan fingerprint density at radius 2 is 1.90 bits per heavy atom. The van der Waals surface area contributed by atoms with Crippen LogP contribution in [0.5, 0.6) is 11.5 Å². The molecule has 3 rings (SSSR count). The Labute approximate surface area is 172 Å². The van der Waals surface area contributed by atoms with Crippen molar-refractivity contribution >= 4 is 29.5 Å². The van der Waals surface area contributed by atoms with Gasteiger partial charge in [0, 0.05) is 17.1 Å². The average Bonchev–Trinajstić information content (AvgIpc) is 3.23. The second kappa shape index (κ2) is 7.79. The van der Waals surface area contributed by atoms with E-state index in [0.717, 1.165) is 4.90 Å². The minimum atomic E-state index is -1.12. The molecule has 2 heterocycles. The maximum atomic E-state index is 12.6. The maximum absolute atomic E-state index is 12.6. The van der Waals surface area contributed by atoms with Crippen molar-refractivity contribution in [1.29, 1.82) is 0 Å². The molecular formula is C20H21ClN2O6.